The Morgan fingerprint density at radius 2 is 2.39 bits per heavy atom. The number of rotatable bonds is 2. The van der Waals surface area contributed by atoms with Crippen molar-refractivity contribution in [1.29, 1.82) is 0 Å². The summed E-state index contributed by atoms with van der Waals surface area (Å²) in [5, 5.41) is 18.0. The highest BCUT2D eigenvalue weighted by atomic mass is 16.4. The van der Waals surface area contributed by atoms with E-state index in [1.54, 1.807) is 12.1 Å². The molecule has 0 bridgehead atoms. The maximum Gasteiger partial charge on any atom is 0.337 e. The van der Waals surface area contributed by atoms with Crippen LogP contribution < -0.4 is 5.32 Å². The van der Waals surface area contributed by atoms with Crippen molar-refractivity contribution in [3.05, 3.63) is 29.5 Å². The van der Waals surface area contributed by atoms with Crippen molar-refractivity contribution in [2.24, 2.45) is 0 Å². The number of nitrogens with zero attached hydrogens (tertiary/aromatic N) is 2. The number of carboxylic acid groups (broad SMARTS) is 1. The fourth-order valence-electron chi connectivity index (χ4n) is 2.60. The summed E-state index contributed by atoms with van der Waals surface area (Å²) in [5.41, 5.74) is 1.87. The highest BCUT2D eigenvalue weighted by Crippen LogP contribution is 2.26. The minimum Gasteiger partial charge on any atom is -0.478 e. The average Bonchev–Trinajstić information content (AvgIpc) is 2.97. The van der Waals surface area contributed by atoms with Gasteiger partial charge in [-0.25, -0.2) is 4.79 Å². The van der Waals surface area contributed by atoms with E-state index in [9.17, 15) is 9.90 Å². The van der Waals surface area contributed by atoms with Gasteiger partial charge in [0.05, 0.1) is 5.56 Å². The van der Waals surface area contributed by atoms with Crippen LogP contribution in [0.2, 0.25) is 0 Å². The highest BCUT2D eigenvalue weighted by molar-refractivity contribution is 6.02. The van der Waals surface area contributed by atoms with Crippen molar-refractivity contribution in [2.75, 3.05) is 6.54 Å². The molecule has 3 rings (SSSR count). The molecule has 2 heterocycles. The lowest BCUT2D eigenvalue weighted by atomic mass is 10.1. The third-order valence-corrected chi connectivity index (χ3v) is 3.54. The first-order chi connectivity index (χ1) is 8.68. The van der Waals surface area contributed by atoms with Crippen LogP contribution in [0.25, 0.3) is 10.9 Å². The molecule has 0 saturated carbocycles. The van der Waals surface area contributed by atoms with Crippen LogP contribution in [0.1, 0.15) is 35.1 Å². The summed E-state index contributed by atoms with van der Waals surface area (Å²) < 4.78 is 1.92. The van der Waals surface area contributed by atoms with E-state index in [4.69, 9.17) is 0 Å². The van der Waals surface area contributed by atoms with E-state index >= 15 is 0 Å². The first-order valence-electron chi connectivity index (χ1n) is 6.13. The zero-order valence-electron chi connectivity index (χ0n) is 10.2. The summed E-state index contributed by atoms with van der Waals surface area (Å²) in [7, 11) is 0. The van der Waals surface area contributed by atoms with E-state index in [1.807, 2.05) is 17.7 Å². The Hall–Kier alpha value is -1.88. The van der Waals surface area contributed by atoms with Crippen molar-refractivity contribution < 1.29 is 9.90 Å². The van der Waals surface area contributed by atoms with E-state index in [-0.39, 0.29) is 11.7 Å². The molecule has 0 radical (unpaired) electrons. The zero-order valence-corrected chi connectivity index (χ0v) is 10.2. The lowest BCUT2D eigenvalue weighted by Crippen LogP contribution is -2.21. The third-order valence-electron chi connectivity index (χ3n) is 3.54. The van der Waals surface area contributed by atoms with E-state index in [2.05, 4.69) is 10.4 Å². The Kier molecular flexibility index (Phi) is 2.56. The molecule has 94 valence electrons. The Morgan fingerprint density at radius 1 is 1.56 bits per heavy atom. The molecule has 0 aliphatic carbocycles. The number of aryl methyl sites for hydroxylation is 1. The monoisotopic (exact) mass is 245 g/mol. The SMILES string of the molecule is Cc1c2cccc(C(=O)O)c2nn1C1CCCN1. The average molecular weight is 245 g/mol. The molecule has 1 saturated heterocycles. The molecular formula is C13H15N3O2. The van der Waals surface area contributed by atoms with Crippen molar-refractivity contribution in [2.45, 2.75) is 25.9 Å². The molecule has 1 aromatic carbocycles. The smallest absolute Gasteiger partial charge is 0.337 e. The number of aromatic nitrogens is 2. The van der Waals surface area contributed by atoms with Gasteiger partial charge in [0.25, 0.3) is 0 Å². The first-order valence-corrected chi connectivity index (χ1v) is 6.13. The lowest BCUT2D eigenvalue weighted by molar-refractivity contribution is 0.0698. The van der Waals surface area contributed by atoms with Gasteiger partial charge in [0, 0.05) is 11.1 Å². The summed E-state index contributed by atoms with van der Waals surface area (Å²) >= 11 is 0. The first kappa shape index (κ1) is 11.2. The second kappa shape index (κ2) is 4.10. The predicted molar refractivity (Wildman–Crippen MR) is 67.7 cm³/mol. The third kappa shape index (κ3) is 1.59. The number of carboxylic acids is 1. The Balaban J connectivity index is 2.20. The molecule has 1 aromatic heterocycles. The van der Waals surface area contributed by atoms with Gasteiger partial charge in [-0.3, -0.25) is 10.00 Å². The van der Waals surface area contributed by atoms with Crippen LogP contribution in [0.4, 0.5) is 0 Å². The molecule has 1 aliphatic heterocycles. The van der Waals surface area contributed by atoms with E-state index < -0.39 is 5.97 Å². The largest absolute Gasteiger partial charge is 0.478 e. The summed E-state index contributed by atoms with van der Waals surface area (Å²) in [6.07, 6.45) is 2.36. The zero-order chi connectivity index (χ0) is 12.7. The quantitative estimate of drug-likeness (QED) is 0.848. The second-order valence-electron chi connectivity index (χ2n) is 4.65. The molecule has 0 spiro atoms. The normalized spacial score (nSPS) is 19.5. The number of nitrogens with one attached hydrogen (secondary N) is 1. The van der Waals surface area contributed by atoms with Crippen molar-refractivity contribution in [3.63, 3.8) is 0 Å². The van der Waals surface area contributed by atoms with Crippen LogP contribution in [0.15, 0.2) is 18.2 Å². The number of hydrogen-bond donors (Lipinski definition) is 2. The minimum atomic E-state index is -0.926. The van der Waals surface area contributed by atoms with Gasteiger partial charge in [-0.1, -0.05) is 12.1 Å². The summed E-state index contributed by atoms with van der Waals surface area (Å²) in [5.74, 6) is -0.926. The van der Waals surface area contributed by atoms with Gasteiger partial charge >= 0.3 is 5.97 Å². The Bertz CT molecular complexity index is 612. The topological polar surface area (TPSA) is 67.1 Å². The molecule has 5 nitrogen and oxygen atoms in total. The molecule has 1 atom stereocenters. The van der Waals surface area contributed by atoms with Crippen molar-refractivity contribution >= 4 is 16.9 Å². The van der Waals surface area contributed by atoms with Crippen LogP contribution >= 0.6 is 0 Å². The molecule has 0 amide bonds. The number of hydrogen-bond acceptors (Lipinski definition) is 3. The Labute approximate surface area is 104 Å². The van der Waals surface area contributed by atoms with Crippen LogP contribution in [0.5, 0.6) is 0 Å². The molecule has 1 aliphatic rings. The van der Waals surface area contributed by atoms with Crippen LogP contribution in [-0.4, -0.2) is 27.4 Å². The highest BCUT2D eigenvalue weighted by Gasteiger charge is 2.21. The van der Waals surface area contributed by atoms with Crippen LogP contribution in [0.3, 0.4) is 0 Å². The number of carbonyl (C=O) groups is 1. The van der Waals surface area contributed by atoms with Crippen LogP contribution in [-0.2, 0) is 0 Å². The number of fused-ring (bicyclic) bond motifs is 1. The van der Waals surface area contributed by atoms with E-state index in [0.29, 0.717) is 5.52 Å². The maximum atomic E-state index is 11.2. The number of aromatic carboxylic acids is 1. The molecule has 1 fully saturated rings. The molecule has 18 heavy (non-hydrogen) atoms. The Morgan fingerprint density at radius 3 is 3.06 bits per heavy atom. The van der Waals surface area contributed by atoms with Gasteiger partial charge in [-0.15, -0.1) is 0 Å². The minimum absolute atomic E-state index is 0.194. The fraction of sp³-hybridized carbons (Fsp3) is 0.385. The second-order valence-corrected chi connectivity index (χ2v) is 4.65. The molecule has 5 heteroatoms. The van der Waals surface area contributed by atoms with Crippen molar-refractivity contribution in [1.82, 2.24) is 15.1 Å². The van der Waals surface area contributed by atoms with Gasteiger partial charge < -0.3 is 5.11 Å². The molecular weight excluding hydrogens is 230 g/mol. The fourth-order valence-corrected chi connectivity index (χ4v) is 2.60. The standard InChI is InChI=1S/C13H15N3O2/c1-8-9-4-2-5-10(13(17)18)12(9)15-16(8)11-6-3-7-14-11/h2,4-5,11,14H,3,6-7H2,1H3,(H,17,18). The summed E-state index contributed by atoms with van der Waals surface area (Å²) in [6, 6.07) is 5.30. The van der Waals surface area contributed by atoms with Gasteiger partial charge in [-0.2, -0.15) is 5.10 Å². The molecule has 2 aromatic rings. The number of benzene rings is 1. The summed E-state index contributed by atoms with van der Waals surface area (Å²) in [4.78, 5) is 11.2. The maximum absolute atomic E-state index is 11.2. The van der Waals surface area contributed by atoms with Crippen LogP contribution in [0, 0.1) is 6.92 Å². The summed E-state index contributed by atoms with van der Waals surface area (Å²) in [6.45, 7) is 2.98. The predicted octanol–water partition coefficient (Wildman–Crippen LogP) is 1.92. The lowest BCUT2D eigenvalue weighted by Gasteiger charge is -2.12. The van der Waals surface area contributed by atoms with Gasteiger partial charge in [0.1, 0.15) is 11.7 Å². The van der Waals surface area contributed by atoms with Crippen molar-refractivity contribution in [3.8, 4) is 0 Å². The van der Waals surface area contributed by atoms with E-state index in [1.165, 1.54) is 0 Å². The van der Waals surface area contributed by atoms with Gasteiger partial charge in [-0.05, 0) is 32.4 Å². The molecule has 1 unspecified atom stereocenters. The van der Waals surface area contributed by atoms with Gasteiger partial charge in [0.15, 0.2) is 0 Å². The van der Waals surface area contributed by atoms with Gasteiger partial charge in [0.2, 0.25) is 0 Å². The van der Waals surface area contributed by atoms with E-state index in [0.717, 1.165) is 30.5 Å². The molecule has 2 N–H and O–H groups in total.